The highest BCUT2D eigenvalue weighted by atomic mass is 32.2. The molecule has 4 N–H and O–H groups in total. The third kappa shape index (κ3) is 3.29. The molecule has 2 rings (SSSR count). The van der Waals surface area contributed by atoms with E-state index in [4.69, 9.17) is 10.8 Å². The van der Waals surface area contributed by atoms with E-state index in [1.54, 1.807) is 0 Å². The third-order valence-electron chi connectivity index (χ3n) is 3.57. The highest BCUT2D eigenvalue weighted by molar-refractivity contribution is 7.89. The molecule has 1 aliphatic carbocycles. The minimum atomic E-state index is -3.70. The zero-order valence-electron chi connectivity index (χ0n) is 11.2. The molecule has 1 saturated carbocycles. The van der Waals surface area contributed by atoms with Gasteiger partial charge in [0.05, 0.1) is 11.3 Å². The van der Waals surface area contributed by atoms with Gasteiger partial charge in [0.2, 0.25) is 10.0 Å². The number of carboxylic acid groups (broad SMARTS) is 1. The van der Waals surface area contributed by atoms with Gasteiger partial charge in [-0.1, -0.05) is 6.92 Å². The molecule has 6 nitrogen and oxygen atoms in total. The van der Waals surface area contributed by atoms with Gasteiger partial charge in [-0.3, -0.25) is 0 Å². The van der Waals surface area contributed by atoms with Crippen LogP contribution in [0.2, 0.25) is 0 Å². The average Bonchev–Trinajstić information content (AvgIpc) is 3.19. The van der Waals surface area contributed by atoms with Crippen molar-refractivity contribution in [1.29, 1.82) is 0 Å². The number of nitrogens with two attached hydrogens (primary N) is 1. The van der Waals surface area contributed by atoms with E-state index in [0.29, 0.717) is 18.4 Å². The summed E-state index contributed by atoms with van der Waals surface area (Å²) < 4.78 is 26.8. The summed E-state index contributed by atoms with van der Waals surface area (Å²) in [5.41, 5.74) is 5.55. The highest BCUT2D eigenvalue weighted by Crippen LogP contribution is 2.36. The van der Waals surface area contributed by atoms with Crippen LogP contribution in [0, 0.1) is 11.8 Å². The number of carboxylic acids is 1. The number of hydrogen-bond acceptors (Lipinski definition) is 4. The minimum absolute atomic E-state index is 0.0344. The second-order valence-corrected chi connectivity index (χ2v) is 6.96. The van der Waals surface area contributed by atoms with E-state index in [1.807, 2.05) is 6.92 Å². The van der Waals surface area contributed by atoms with E-state index in [-0.39, 0.29) is 16.1 Å². The second kappa shape index (κ2) is 5.41. The molecule has 0 saturated heterocycles. The fourth-order valence-electron chi connectivity index (χ4n) is 2.08. The second-order valence-electron chi connectivity index (χ2n) is 5.22. The van der Waals surface area contributed by atoms with Crippen LogP contribution >= 0.6 is 0 Å². The number of nitrogens with one attached hydrogen (secondary N) is 1. The van der Waals surface area contributed by atoms with E-state index in [2.05, 4.69) is 4.72 Å². The van der Waals surface area contributed by atoms with Crippen molar-refractivity contribution >= 4 is 21.7 Å². The van der Waals surface area contributed by atoms with Crippen LogP contribution in [0.3, 0.4) is 0 Å². The monoisotopic (exact) mass is 298 g/mol. The molecule has 1 atom stereocenters. The fraction of sp³-hybridized carbons (Fsp3) is 0.462. The Hall–Kier alpha value is -1.60. The number of sulfonamides is 1. The Morgan fingerprint density at radius 2 is 2.15 bits per heavy atom. The first-order valence-electron chi connectivity index (χ1n) is 6.44. The smallest absolute Gasteiger partial charge is 0.335 e. The summed E-state index contributed by atoms with van der Waals surface area (Å²) in [6.07, 6.45) is 2.30. The van der Waals surface area contributed by atoms with Crippen LogP contribution in [0.5, 0.6) is 0 Å². The Morgan fingerprint density at radius 1 is 1.50 bits per heavy atom. The summed E-state index contributed by atoms with van der Waals surface area (Å²) in [7, 11) is -3.70. The Balaban J connectivity index is 2.14. The van der Waals surface area contributed by atoms with Crippen molar-refractivity contribution in [3.05, 3.63) is 23.8 Å². The average molecular weight is 298 g/mol. The lowest BCUT2D eigenvalue weighted by Gasteiger charge is -2.13. The van der Waals surface area contributed by atoms with Crippen LogP contribution < -0.4 is 10.5 Å². The lowest BCUT2D eigenvalue weighted by Crippen LogP contribution is -2.29. The fourth-order valence-corrected chi connectivity index (χ4v) is 3.33. The number of nitrogen functional groups attached to an aromatic ring is 1. The molecule has 1 aromatic carbocycles. The largest absolute Gasteiger partial charge is 0.478 e. The lowest BCUT2D eigenvalue weighted by molar-refractivity contribution is 0.0697. The van der Waals surface area contributed by atoms with Crippen molar-refractivity contribution in [3.63, 3.8) is 0 Å². The molecule has 1 unspecified atom stereocenters. The van der Waals surface area contributed by atoms with Crippen LogP contribution in [0.25, 0.3) is 0 Å². The van der Waals surface area contributed by atoms with Gasteiger partial charge < -0.3 is 10.8 Å². The van der Waals surface area contributed by atoms with Gasteiger partial charge in [-0.05, 0) is 42.9 Å². The van der Waals surface area contributed by atoms with Gasteiger partial charge in [-0.25, -0.2) is 17.9 Å². The molecule has 7 heteroatoms. The van der Waals surface area contributed by atoms with Gasteiger partial charge in [0.25, 0.3) is 0 Å². The van der Waals surface area contributed by atoms with Crippen molar-refractivity contribution in [2.45, 2.75) is 24.7 Å². The molecule has 0 aromatic heterocycles. The van der Waals surface area contributed by atoms with E-state index in [0.717, 1.165) is 18.9 Å². The maximum absolute atomic E-state index is 12.1. The first-order valence-corrected chi connectivity index (χ1v) is 7.92. The van der Waals surface area contributed by atoms with Crippen LogP contribution in [0.4, 0.5) is 5.69 Å². The summed E-state index contributed by atoms with van der Waals surface area (Å²) in [5, 5.41) is 8.83. The van der Waals surface area contributed by atoms with E-state index < -0.39 is 16.0 Å². The molecule has 20 heavy (non-hydrogen) atoms. The molecular formula is C13H18N2O4S. The first-order chi connectivity index (χ1) is 9.31. The molecule has 0 aliphatic heterocycles. The maximum Gasteiger partial charge on any atom is 0.335 e. The number of aromatic carboxylic acids is 1. The Labute approximate surface area is 118 Å². The highest BCUT2D eigenvalue weighted by Gasteiger charge is 2.29. The minimum Gasteiger partial charge on any atom is -0.478 e. The summed E-state index contributed by atoms with van der Waals surface area (Å²) in [4.78, 5) is 10.7. The Kier molecular flexibility index (Phi) is 4.01. The normalized spacial score (nSPS) is 16.9. The summed E-state index contributed by atoms with van der Waals surface area (Å²) in [6.45, 7) is 2.38. The summed E-state index contributed by atoms with van der Waals surface area (Å²) >= 11 is 0. The molecule has 0 amide bonds. The molecule has 110 valence electrons. The number of anilines is 1. The molecule has 1 aromatic rings. The quantitative estimate of drug-likeness (QED) is 0.686. The molecular weight excluding hydrogens is 280 g/mol. The number of carbonyl (C=O) groups is 1. The standard InChI is InChI=1S/C13H18N2O4S/c1-8(9-2-3-9)7-15-20(18,19)12-5-4-10(13(16)17)6-11(12)14/h4-6,8-9,15H,2-3,7,14H2,1H3,(H,16,17). The summed E-state index contributed by atoms with van der Waals surface area (Å²) in [5.74, 6) is -0.246. The van der Waals surface area contributed by atoms with Gasteiger partial charge in [-0.15, -0.1) is 0 Å². The van der Waals surface area contributed by atoms with Gasteiger partial charge in [-0.2, -0.15) is 0 Å². The zero-order chi connectivity index (χ0) is 14.9. The predicted octanol–water partition coefficient (Wildman–Crippen LogP) is 1.29. The molecule has 0 heterocycles. The van der Waals surface area contributed by atoms with E-state index in [9.17, 15) is 13.2 Å². The van der Waals surface area contributed by atoms with E-state index in [1.165, 1.54) is 12.1 Å². The van der Waals surface area contributed by atoms with Crippen molar-refractivity contribution in [2.75, 3.05) is 12.3 Å². The number of benzene rings is 1. The van der Waals surface area contributed by atoms with Gasteiger partial charge in [0.15, 0.2) is 0 Å². The summed E-state index contributed by atoms with van der Waals surface area (Å²) in [6, 6.07) is 3.61. The topological polar surface area (TPSA) is 109 Å². The Morgan fingerprint density at radius 3 is 2.65 bits per heavy atom. The van der Waals surface area contributed by atoms with Crippen LogP contribution in [0.1, 0.15) is 30.1 Å². The molecule has 0 radical (unpaired) electrons. The van der Waals surface area contributed by atoms with E-state index >= 15 is 0 Å². The third-order valence-corrected chi connectivity index (χ3v) is 5.07. The number of hydrogen-bond donors (Lipinski definition) is 3. The van der Waals surface area contributed by atoms with Crippen LogP contribution in [-0.4, -0.2) is 26.0 Å². The first kappa shape index (κ1) is 14.8. The molecule has 0 spiro atoms. The number of rotatable bonds is 6. The van der Waals surface area contributed by atoms with Crippen molar-refractivity contribution in [1.82, 2.24) is 4.72 Å². The molecule has 0 bridgehead atoms. The van der Waals surface area contributed by atoms with Crippen molar-refractivity contribution in [3.8, 4) is 0 Å². The van der Waals surface area contributed by atoms with Crippen LogP contribution in [-0.2, 0) is 10.0 Å². The van der Waals surface area contributed by atoms with Gasteiger partial charge in [0.1, 0.15) is 4.90 Å². The van der Waals surface area contributed by atoms with Crippen molar-refractivity contribution < 1.29 is 18.3 Å². The van der Waals surface area contributed by atoms with Gasteiger partial charge >= 0.3 is 5.97 Å². The molecule has 1 aliphatic rings. The predicted molar refractivity (Wildman–Crippen MR) is 74.9 cm³/mol. The Bertz CT molecular complexity index is 623. The van der Waals surface area contributed by atoms with Crippen molar-refractivity contribution in [2.24, 2.45) is 11.8 Å². The SMILES string of the molecule is CC(CNS(=O)(=O)c1ccc(C(=O)O)cc1N)C1CC1. The van der Waals surface area contributed by atoms with Gasteiger partial charge in [0, 0.05) is 6.54 Å². The molecule has 1 fully saturated rings. The lowest BCUT2D eigenvalue weighted by atomic mass is 10.1. The zero-order valence-corrected chi connectivity index (χ0v) is 12.0. The van der Waals surface area contributed by atoms with Crippen LogP contribution in [0.15, 0.2) is 23.1 Å². The maximum atomic E-state index is 12.1.